The summed E-state index contributed by atoms with van der Waals surface area (Å²) in [6.45, 7) is 1.41. The van der Waals surface area contributed by atoms with Crippen molar-refractivity contribution in [3.63, 3.8) is 0 Å². The summed E-state index contributed by atoms with van der Waals surface area (Å²) >= 11 is 5.51. The lowest BCUT2D eigenvalue weighted by atomic mass is 10.2. The van der Waals surface area contributed by atoms with Gasteiger partial charge in [0.15, 0.2) is 0 Å². The van der Waals surface area contributed by atoms with Crippen LogP contribution in [0.1, 0.15) is 10.4 Å². The van der Waals surface area contributed by atoms with E-state index in [2.05, 4.69) is 49.2 Å². The Labute approximate surface area is 111 Å². The van der Waals surface area contributed by atoms with E-state index in [0.29, 0.717) is 12.1 Å². The average molecular weight is 383 g/mol. The topological polar surface area (TPSA) is 41.1 Å². The summed E-state index contributed by atoms with van der Waals surface area (Å²) in [5.74, 6) is -0.0315. The Morgan fingerprint density at radius 3 is 2.87 bits per heavy atom. The van der Waals surface area contributed by atoms with Crippen molar-refractivity contribution in [2.24, 2.45) is 0 Å². The Hall–Kier alpha value is -0.140. The zero-order valence-corrected chi connectivity index (χ0v) is 12.1. The van der Waals surface area contributed by atoms with E-state index in [1.165, 1.54) is 0 Å². The van der Waals surface area contributed by atoms with Gasteiger partial charge >= 0.3 is 0 Å². The first-order valence-corrected chi connectivity index (χ1v) is 6.40. The summed E-state index contributed by atoms with van der Waals surface area (Å²) in [5, 5.41) is 5.82. The summed E-state index contributed by atoms with van der Waals surface area (Å²) in [7, 11) is 1.86. The van der Waals surface area contributed by atoms with Gasteiger partial charge in [0.05, 0.1) is 5.56 Å². The molecule has 0 saturated carbocycles. The zero-order chi connectivity index (χ0) is 11.3. The molecule has 0 aliphatic heterocycles. The summed E-state index contributed by atoms with van der Waals surface area (Å²) < 4.78 is 1.87. The van der Waals surface area contributed by atoms with Gasteiger partial charge in [-0.3, -0.25) is 4.79 Å². The van der Waals surface area contributed by atoms with Gasteiger partial charge in [0.25, 0.3) is 5.91 Å². The third kappa shape index (κ3) is 4.08. The molecule has 0 atom stereocenters. The summed E-state index contributed by atoms with van der Waals surface area (Å²) in [4.78, 5) is 11.7. The molecule has 1 aromatic rings. The minimum atomic E-state index is -0.0315. The zero-order valence-electron chi connectivity index (χ0n) is 8.31. The third-order valence-corrected chi connectivity index (χ3v) is 3.27. The first-order valence-electron chi connectivity index (χ1n) is 4.53. The highest BCUT2D eigenvalue weighted by Crippen LogP contribution is 2.18. The molecule has 1 rings (SSSR count). The van der Waals surface area contributed by atoms with Crippen molar-refractivity contribution in [3.8, 4) is 0 Å². The van der Waals surface area contributed by atoms with Gasteiger partial charge in [-0.2, -0.15) is 0 Å². The molecule has 0 heterocycles. The van der Waals surface area contributed by atoms with E-state index >= 15 is 0 Å². The number of hydrogen-bond donors (Lipinski definition) is 2. The van der Waals surface area contributed by atoms with Crippen LogP contribution in [0.2, 0.25) is 0 Å². The number of likely N-dealkylation sites (N-methyl/N-ethyl adjacent to an activating group) is 1. The monoisotopic (exact) mass is 382 g/mol. The van der Waals surface area contributed by atoms with E-state index in [0.717, 1.165) is 14.6 Å². The molecule has 0 aliphatic carbocycles. The average Bonchev–Trinajstić information content (AvgIpc) is 2.22. The lowest BCUT2D eigenvalue weighted by Crippen LogP contribution is -2.30. The second-order valence-corrected chi connectivity index (χ2v) is 5.06. The number of carbonyl (C=O) groups is 1. The van der Waals surface area contributed by atoms with E-state index < -0.39 is 0 Å². The van der Waals surface area contributed by atoms with Gasteiger partial charge in [-0.05, 0) is 47.8 Å². The molecule has 5 heteroatoms. The third-order valence-electron chi connectivity index (χ3n) is 1.83. The van der Waals surface area contributed by atoms with Crippen LogP contribution in [0, 0.1) is 3.57 Å². The van der Waals surface area contributed by atoms with Crippen LogP contribution in [0.3, 0.4) is 0 Å². The smallest absolute Gasteiger partial charge is 0.252 e. The van der Waals surface area contributed by atoms with Gasteiger partial charge in [-0.1, -0.05) is 15.9 Å². The number of benzene rings is 1. The van der Waals surface area contributed by atoms with Crippen molar-refractivity contribution in [1.82, 2.24) is 10.6 Å². The Bertz CT molecular complexity index is 357. The summed E-state index contributed by atoms with van der Waals surface area (Å²) in [5.41, 5.74) is 0.709. The van der Waals surface area contributed by atoms with Crippen LogP contribution >= 0.6 is 38.5 Å². The number of carbonyl (C=O) groups excluding carboxylic acids is 1. The second-order valence-electron chi connectivity index (χ2n) is 2.98. The maximum absolute atomic E-state index is 11.7. The van der Waals surface area contributed by atoms with Crippen LogP contribution in [-0.4, -0.2) is 26.0 Å². The maximum atomic E-state index is 11.7. The van der Waals surface area contributed by atoms with Crippen LogP contribution < -0.4 is 10.6 Å². The Morgan fingerprint density at radius 2 is 2.20 bits per heavy atom. The molecule has 0 saturated heterocycles. The van der Waals surface area contributed by atoms with Crippen molar-refractivity contribution in [2.45, 2.75) is 0 Å². The van der Waals surface area contributed by atoms with Crippen LogP contribution in [0.15, 0.2) is 22.7 Å². The van der Waals surface area contributed by atoms with E-state index in [4.69, 9.17) is 0 Å². The molecule has 0 bridgehead atoms. The predicted octanol–water partition coefficient (Wildman–Crippen LogP) is 2.00. The molecule has 3 nitrogen and oxygen atoms in total. The van der Waals surface area contributed by atoms with Gasteiger partial charge in [-0.15, -0.1) is 0 Å². The van der Waals surface area contributed by atoms with Crippen molar-refractivity contribution in [1.29, 1.82) is 0 Å². The van der Waals surface area contributed by atoms with Gasteiger partial charge in [-0.25, -0.2) is 0 Å². The molecule has 0 aliphatic rings. The number of halogens is 2. The molecule has 0 radical (unpaired) electrons. The SMILES string of the molecule is CNCCNC(=O)c1cc(Br)ccc1I. The standard InChI is InChI=1S/C10H12BrIN2O/c1-13-4-5-14-10(15)8-6-7(11)2-3-9(8)12/h2-3,6,13H,4-5H2,1H3,(H,14,15). The largest absolute Gasteiger partial charge is 0.351 e. The fraction of sp³-hybridized carbons (Fsp3) is 0.300. The minimum absolute atomic E-state index is 0.0315. The first kappa shape index (κ1) is 12.9. The fourth-order valence-electron chi connectivity index (χ4n) is 1.07. The Morgan fingerprint density at radius 1 is 1.47 bits per heavy atom. The summed E-state index contributed by atoms with van der Waals surface area (Å²) in [6.07, 6.45) is 0. The molecule has 0 unspecified atom stereocenters. The van der Waals surface area contributed by atoms with Crippen LogP contribution in [-0.2, 0) is 0 Å². The number of hydrogen-bond acceptors (Lipinski definition) is 2. The quantitative estimate of drug-likeness (QED) is 0.617. The van der Waals surface area contributed by atoms with Crippen LogP contribution in [0.4, 0.5) is 0 Å². The predicted molar refractivity (Wildman–Crippen MR) is 73.1 cm³/mol. The molecule has 2 N–H and O–H groups in total. The molecule has 0 fully saturated rings. The van der Waals surface area contributed by atoms with Crippen molar-refractivity contribution >= 4 is 44.4 Å². The van der Waals surface area contributed by atoms with Gasteiger partial charge < -0.3 is 10.6 Å². The highest BCUT2D eigenvalue weighted by molar-refractivity contribution is 14.1. The number of nitrogens with one attached hydrogen (secondary N) is 2. The second kappa shape index (κ2) is 6.44. The van der Waals surface area contributed by atoms with Gasteiger partial charge in [0.2, 0.25) is 0 Å². The molecule has 0 spiro atoms. The molecule has 0 aromatic heterocycles. The van der Waals surface area contributed by atoms with Gasteiger partial charge in [0.1, 0.15) is 0 Å². The molecule has 82 valence electrons. The van der Waals surface area contributed by atoms with E-state index in [-0.39, 0.29) is 5.91 Å². The highest BCUT2D eigenvalue weighted by atomic mass is 127. The van der Waals surface area contributed by atoms with Crippen LogP contribution in [0.5, 0.6) is 0 Å². The van der Waals surface area contributed by atoms with Crippen molar-refractivity contribution < 1.29 is 4.79 Å². The lowest BCUT2D eigenvalue weighted by molar-refractivity contribution is 0.0953. The molecular weight excluding hydrogens is 371 g/mol. The summed E-state index contributed by atoms with van der Waals surface area (Å²) in [6, 6.07) is 5.67. The highest BCUT2D eigenvalue weighted by Gasteiger charge is 2.09. The van der Waals surface area contributed by atoms with E-state index in [1.807, 2.05) is 25.2 Å². The minimum Gasteiger partial charge on any atom is -0.351 e. The Kier molecular flexibility index (Phi) is 5.55. The Balaban J connectivity index is 2.68. The number of amides is 1. The molecular formula is C10H12BrIN2O. The van der Waals surface area contributed by atoms with Gasteiger partial charge in [0, 0.05) is 21.1 Å². The van der Waals surface area contributed by atoms with E-state index in [1.54, 1.807) is 0 Å². The number of rotatable bonds is 4. The molecule has 15 heavy (non-hydrogen) atoms. The van der Waals surface area contributed by atoms with Crippen molar-refractivity contribution in [2.75, 3.05) is 20.1 Å². The van der Waals surface area contributed by atoms with Crippen molar-refractivity contribution in [3.05, 3.63) is 31.8 Å². The molecule has 1 aromatic carbocycles. The normalized spacial score (nSPS) is 10.1. The molecule has 1 amide bonds. The lowest BCUT2D eigenvalue weighted by Gasteiger charge is -2.06. The first-order chi connectivity index (χ1) is 7.15. The fourth-order valence-corrected chi connectivity index (χ4v) is 2.01. The van der Waals surface area contributed by atoms with E-state index in [9.17, 15) is 4.79 Å². The van der Waals surface area contributed by atoms with Crippen LogP contribution in [0.25, 0.3) is 0 Å². The maximum Gasteiger partial charge on any atom is 0.252 e.